The number of fused-ring (bicyclic) bond motifs is 3. The summed E-state index contributed by atoms with van der Waals surface area (Å²) in [6.07, 6.45) is 0. The van der Waals surface area contributed by atoms with Crippen LogP contribution in [0.1, 0.15) is 0 Å². The maximum atomic E-state index is 14.5. The largest absolute Gasteiger partial charge is 0.309 e. The molecule has 1 heterocycles. The van der Waals surface area contributed by atoms with Crippen molar-refractivity contribution in [1.82, 2.24) is 0 Å². The number of hydrogen-bond acceptors (Lipinski definition) is 2. The molecule has 0 unspecified atom stereocenters. The Morgan fingerprint density at radius 1 is 0.519 bits per heavy atom. The van der Waals surface area contributed by atoms with Crippen LogP contribution >= 0.6 is 18.5 Å². The van der Waals surface area contributed by atoms with Crippen molar-refractivity contribution in [3.05, 3.63) is 103 Å². The molecule has 0 spiro atoms. The van der Waals surface area contributed by atoms with Crippen molar-refractivity contribution in [3.8, 4) is 0 Å². The van der Waals surface area contributed by atoms with Gasteiger partial charge < -0.3 is 4.57 Å². The predicted molar refractivity (Wildman–Crippen MR) is 119 cm³/mol. The van der Waals surface area contributed by atoms with E-state index in [2.05, 4.69) is 36.4 Å². The van der Waals surface area contributed by atoms with Gasteiger partial charge in [0.1, 0.15) is 0 Å². The monoisotopic (exact) mass is 384 g/mol. The molecule has 0 aliphatic heterocycles. The van der Waals surface area contributed by atoms with Crippen LogP contribution in [0.4, 0.5) is 0 Å². The fourth-order valence-corrected chi connectivity index (χ4v) is 7.54. The van der Waals surface area contributed by atoms with Crippen LogP contribution in [0.3, 0.4) is 0 Å². The van der Waals surface area contributed by atoms with Crippen molar-refractivity contribution in [3.63, 3.8) is 0 Å². The van der Waals surface area contributed by atoms with Gasteiger partial charge in [-0.2, -0.15) is 0 Å². The van der Waals surface area contributed by atoms with Crippen molar-refractivity contribution in [1.29, 1.82) is 0 Å². The zero-order valence-electron chi connectivity index (χ0n) is 14.6. The van der Waals surface area contributed by atoms with E-state index >= 15 is 0 Å². The first-order chi connectivity index (χ1) is 13.3. The topological polar surface area (TPSA) is 17.1 Å². The van der Waals surface area contributed by atoms with Crippen LogP contribution in [0.25, 0.3) is 20.2 Å². The van der Waals surface area contributed by atoms with Crippen molar-refractivity contribution < 1.29 is 4.57 Å². The van der Waals surface area contributed by atoms with Crippen molar-refractivity contribution in [2.24, 2.45) is 0 Å². The Morgan fingerprint density at radius 2 is 1.07 bits per heavy atom. The molecular weight excluding hydrogens is 367 g/mol. The maximum absolute atomic E-state index is 14.5. The average Bonchev–Trinajstić information content (AvgIpc) is 3.12. The second-order valence-electron chi connectivity index (χ2n) is 6.56. The van der Waals surface area contributed by atoms with Crippen molar-refractivity contribution in [2.45, 2.75) is 0 Å². The lowest BCUT2D eigenvalue weighted by atomic mass is 10.2. The molecule has 3 heteroatoms. The highest BCUT2D eigenvalue weighted by molar-refractivity contribution is 7.85. The lowest BCUT2D eigenvalue weighted by molar-refractivity contribution is 0.592. The quantitative estimate of drug-likeness (QED) is 0.365. The van der Waals surface area contributed by atoms with Crippen LogP contribution in [0.15, 0.2) is 103 Å². The number of hydrogen-bond donors (Lipinski definition) is 0. The van der Waals surface area contributed by atoms with Gasteiger partial charge in [0.25, 0.3) is 0 Å². The Morgan fingerprint density at radius 3 is 1.74 bits per heavy atom. The Labute approximate surface area is 162 Å². The molecular formula is C24H17OPS. The zero-order chi connectivity index (χ0) is 18.3. The van der Waals surface area contributed by atoms with E-state index in [1.54, 1.807) is 11.3 Å². The van der Waals surface area contributed by atoms with E-state index in [1.165, 1.54) is 20.2 Å². The summed E-state index contributed by atoms with van der Waals surface area (Å²) in [6, 6.07) is 34.4. The molecule has 0 saturated carbocycles. The minimum Gasteiger partial charge on any atom is -0.309 e. The Hall–Kier alpha value is -2.67. The number of rotatable bonds is 3. The van der Waals surface area contributed by atoms with Crippen LogP contribution in [0.5, 0.6) is 0 Å². The summed E-state index contributed by atoms with van der Waals surface area (Å²) < 4.78 is 16.9. The molecule has 0 N–H and O–H groups in total. The van der Waals surface area contributed by atoms with Gasteiger partial charge >= 0.3 is 0 Å². The van der Waals surface area contributed by atoms with Crippen molar-refractivity contribution >= 4 is 54.6 Å². The second-order valence-corrected chi connectivity index (χ2v) is 10.4. The van der Waals surface area contributed by atoms with Crippen LogP contribution < -0.4 is 15.9 Å². The molecule has 1 nitrogen and oxygen atoms in total. The number of benzene rings is 4. The highest BCUT2D eigenvalue weighted by Gasteiger charge is 2.29. The zero-order valence-corrected chi connectivity index (χ0v) is 16.3. The van der Waals surface area contributed by atoms with Crippen LogP contribution in [0.2, 0.25) is 0 Å². The molecule has 0 atom stereocenters. The van der Waals surface area contributed by atoms with Gasteiger partial charge in [-0.25, -0.2) is 0 Å². The van der Waals surface area contributed by atoms with E-state index in [4.69, 9.17) is 0 Å². The van der Waals surface area contributed by atoms with Crippen LogP contribution in [0, 0.1) is 0 Å². The molecule has 0 aliphatic carbocycles. The van der Waals surface area contributed by atoms with Crippen molar-refractivity contribution in [2.75, 3.05) is 0 Å². The Bertz CT molecular complexity index is 1250. The third-order valence-electron chi connectivity index (χ3n) is 4.97. The molecule has 0 bridgehead atoms. The van der Waals surface area contributed by atoms with Gasteiger partial charge in [0.05, 0.1) is 0 Å². The first-order valence-corrected chi connectivity index (χ1v) is 11.4. The predicted octanol–water partition coefficient (Wildman–Crippen LogP) is 5.69. The third-order valence-corrected chi connectivity index (χ3v) is 9.16. The summed E-state index contributed by atoms with van der Waals surface area (Å²) in [7, 11) is -2.92. The number of thiophene rings is 1. The molecule has 5 aromatic rings. The standard InChI is InChI=1S/C24H17OPS/c25-26(18-9-3-1-4-10-18,19-11-5-2-6-12-19)20-15-16-22-21-13-7-8-14-23(21)27-24(22)17-20/h1-17H. The fraction of sp³-hybridized carbons (Fsp3) is 0. The van der Waals surface area contributed by atoms with E-state index < -0.39 is 7.14 Å². The van der Waals surface area contributed by atoms with E-state index in [9.17, 15) is 4.57 Å². The summed E-state index contributed by atoms with van der Waals surface area (Å²) in [5.74, 6) is 0. The first-order valence-electron chi connectivity index (χ1n) is 8.90. The summed E-state index contributed by atoms with van der Waals surface area (Å²) in [6.45, 7) is 0. The van der Waals surface area contributed by atoms with E-state index in [-0.39, 0.29) is 0 Å². The first kappa shape index (κ1) is 16.5. The van der Waals surface area contributed by atoms with E-state index in [0.717, 1.165) is 15.9 Å². The van der Waals surface area contributed by atoms with Gasteiger partial charge in [0.15, 0.2) is 7.14 Å². The summed E-state index contributed by atoms with van der Waals surface area (Å²) in [4.78, 5) is 0. The highest BCUT2D eigenvalue weighted by Crippen LogP contribution is 2.44. The molecule has 1 aromatic heterocycles. The summed E-state index contributed by atoms with van der Waals surface area (Å²) >= 11 is 1.76. The lowest BCUT2D eigenvalue weighted by Crippen LogP contribution is -2.24. The van der Waals surface area contributed by atoms with Gasteiger partial charge in [-0.3, -0.25) is 0 Å². The van der Waals surface area contributed by atoms with Gasteiger partial charge in [-0.05, 0) is 12.1 Å². The van der Waals surface area contributed by atoms with E-state index in [0.29, 0.717) is 0 Å². The molecule has 0 aliphatic rings. The molecule has 0 saturated heterocycles. The highest BCUT2D eigenvalue weighted by atomic mass is 32.1. The Kier molecular flexibility index (Phi) is 3.97. The second kappa shape index (κ2) is 6.49. The molecule has 0 fully saturated rings. The van der Waals surface area contributed by atoms with Gasteiger partial charge in [0.2, 0.25) is 0 Å². The van der Waals surface area contributed by atoms with Gasteiger partial charge in [-0.1, -0.05) is 91.0 Å². The molecule has 0 radical (unpaired) electrons. The fourth-order valence-electron chi connectivity index (χ4n) is 3.63. The van der Waals surface area contributed by atoms with Crippen LogP contribution in [-0.2, 0) is 4.57 Å². The lowest BCUT2D eigenvalue weighted by Gasteiger charge is -2.20. The Balaban J connectivity index is 1.80. The summed E-state index contributed by atoms with van der Waals surface area (Å²) in [5.41, 5.74) is 0. The van der Waals surface area contributed by atoms with Gasteiger partial charge in [0, 0.05) is 36.1 Å². The minimum atomic E-state index is -2.92. The molecule has 4 aromatic carbocycles. The minimum absolute atomic E-state index is 0.872. The smallest absolute Gasteiger partial charge is 0.171 e. The molecule has 27 heavy (non-hydrogen) atoms. The SMILES string of the molecule is O=P(c1ccccc1)(c1ccccc1)c1ccc2c(c1)sc1ccccc12. The molecule has 5 rings (SSSR count). The maximum Gasteiger partial charge on any atom is 0.171 e. The normalized spacial score (nSPS) is 11.9. The van der Waals surface area contributed by atoms with Crippen LogP contribution in [-0.4, -0.2) is 0 Å². The van der Waals surface area contributed by atoms with Gasteiger partial charge in [-0.15, -0.1) is 11.3 Å². The van der Waals surface area contributed by atoms with E-state index in [1.807, 2.05) is 66.7 Å². The average molecular weight is 384 g/mol. The molecule has 130 valence electrons. The third kappa shape index (κ3) is 2.65. The molecule has 0 amide bonds. The summed E-state index contributed by atoms with van der Waals surface area (Å²) in [5, 5.41) is 5.12.